The quantitative estimate of drug-likeness (QED) is 0.367. The molecule has 0 heterocycles. The fraction of sp³-hybridized carbons (Fsp3) is 0.600. The van der Waals surface area contributed by atoms with Crippen molar-refractivity contribution in [3.05, 3.63) is 29.8 Å². The van der Waals surface area contributed by atoms with Crippen molar-refractivity contribution in [2.45, 2.75) is 51.1 Å². The number of benzene rings is 1. The van der Waals surface area contributed by atoms with Gasteiger partial charge in [-0.3, -0.25) is 4.79 Å². The smallest absolute Gasteiger partial charge is 0.491 e. The Morgan fingerprint density at radius 1 is 1.14 bits per heavy atom. The van der Waals surface area contributed by atoms with Gasteiger partial charge in [-0.2, -0.15) is 13.2 Å². The third-order valence-electron chi connectivity index (χ3n) is 4.70. The van der Waals surface area contributed by atoms with E-state index in [1.807, 2.05) is 24.3 Å². The van der Waals surface area contributed by atoms with Crippen LogP contribution in [0.1, 0.15) is 44.1 Å². The number of hydrogen-bond acceptors (Lipinski definition) is 5. The van der Waals surface area contributed by atoms with Crippen LogP contribution in [0.15, 0.2) is 24.3 Å². The second kappa shape index (κ2) is 11.0. The summed E-state index contributed by atoms with van der Waals surface area (Å²) in [5.74, 6) is -2.08. The minimum atomic E-state index is -5.16. The van der Waals surface area contributed by atoms with Gasteiger partial charge in [-0.25, -0.2) is 4.79 Å². The van der Waals surface area contributed by atoms with E-state index in [1.165, 1.54) is 25.7 Å². The van der Waals surface area contributed by atoms with Crippen LogP contribution in [-0.4, -0.2) is 37.8 Å². The molecule has 156 valence electrons. The summed E-state index contributed by atoms with van der Waals surface area (Å²) in [6.07, 6.45) is 1.53. The third kappa shape index (κ3) is 8.29. The largest absolute Gasteiger partial charge is 0.494 e. The molecule has 0 radical (unpaired) electrons. The first-order valence-electron chi connectivity index (χ1n) is 9.59. The highest BCUT2D eigenvalue weighted by Crippen LogP contribution is 2.27. The van der Waals surface area contributed by atoms with Gasteiger partial charge in [-0.1, -0.05) is 37.8 Å². The lowest BCUT2D eigenvalue weighted by Gasteiger charge is -2.11. The molecule has 1 saturated carbocycles. The van der Waals surface area contributed by atoms with Crippen molar-refractivity contribution in [2.24, 2.45) is 5.92 Å². The van der Waals surface area contributed by atoms with E-state index in [1.54, 1.807) is 0 Å². The van der Waals surface area contributed by atoms with Gasteiger partial charge in [0.05, 0.1) is 13.0 Å². The zero-order valence-electron chi connectivity index (χ0n) is 15.7. The summed E-state index contributed by atoms with van der Waals surface area (Å²) in [5.41, 5.74) is 1.06. The molecule has 1 N–H and O–H groups in total. The summed E-state index contributed by atoms with van der Waals surface area (Å²) in [5, 5.41) is 2.94. The molecule has 0 unspecified atom stereocenters. The van der Waals surface area contributed by atoms with E-state index in [9.17, 15) is 22.8 Å². The van der Waals surface area contributed by atoms with E-state index in [2.05, 4.69) is 10.1 Å². The molecule has 5 nitrogen and oxygen atoms in total. The Bertz CT molecular complexity index is 643. The molecule has 28 heavy (non-hydrogen) atoms. The standard InChI is InChI=1S/C20H26F3NO4/c21-20(22,23)19(26)28-18(25)9-12-24-11-8-16-6-3-7-17(14-16)27-13-10-15-4-1-2-5-15/h3,6-7,14-15,24H,1-2,4-5,8-13H2. The van der Waals surface area contributed by atoms with Gasteiger partial charge in [-0.15, -0.1) is 0 Å². The zero-order valence-corrected chi connectivity index (χ0v) is 15.7. The minimum absolute atomic E-state index is 0.127. The van der Waals surface area contributed by atoms with Gasteiger partial charge in [0.2, 0.25) is 0 Å². The number of hydrogen-bond donors (Lipinski definition) is 1. The first-order chi connectivity index (χ1) is 13.3. The molecule has 1 aliphatic rings. The lowest BCUT2D eigenvalue weighted by atomic mass is 10.1. The van der Waals surface area contributed by atoms with Crippen molar-refractivity contribution in [1.29, 1.82) is 0 Å². The molecule has 0 aromatic heterocycles. The highest BCUT2D eigenvalue weighted by Gasteiger charge is 2.42. The maximum absolute atomic E-state index is 12.0. The fourth-order valence-electron chi connectivity index (χ4n) is 3.19. The Morgan fingerprint density at radius 2 is 1.89 bits per heavy atom. The molecule has 2 rings (SSSR count). The molecule has 1 aromatic rings. The van der Waals surface area contributed by atoms with Crippen LogP contribution >= 0.6 is 0 Å². The molecule has 1 aromatic carbocycles. The van der Waals surface area contributed by atoms with Crippen molar-refractivity contribution in [1.82, 2.24) is 5.32 Å². The normalized spacial score (nSPS) is 14.8. The van der Waals surface area contributed by atoms with E-state index in [4.69, 9.17) is 4.74 Å². The summed E-state index contributed by atoms with van der Waals surface area (Å²) in [6.45, 7) is 1.37. The molecular weight excluding hydrogens is 375 g/mol. The highest BCUT2D eigenvalue weighted by molar-refractivity contribution is 5.88. The molecule has 8 heteroatoms. The lowest BCUT2D eigenvalue weighted by molar-refractivity contribution is -0.201. The molecule has 0 aliphatic heterocycles. The van der Waals surface area contributed by atoms with Crippen molar-refractivity contribution < 1.29 is 32.2 Å². The number of nitrogens with one attached hydrogen (secondary N) is 1. The molecule has 1 fully saturated rings. The van der Waals surface area contributed by atoms with Gasteiger partial charge < -0.3 is 14.8 Å². The Morgan fingerprint density at radius 3 is 2.61 bits per heavy atom. The van der Waals surface area contributed by atoms with E-state index >= 15 is 0 Å². The van der Waals surface area contributed by atoms with Gasteiger partial charge in [0.25, 0.3) is 0 Å². The maximum Gasteiger partial charge on any atom is 0.491 e. The molecule has 1 aliphatic carbocycles. The van der Waals surface area contributed by atoms with Crippen LogP contribution in [0.25, 0.3) is 0 Å². The summed E-state index contributed by atoms with van der Waals surface area (Å²) < 4.78 is 45.5. The van der Waals surface area contributed by atoms with Gasteiger partial charge in [0.15, 0.2) is 0 Å². The first kappa shape index (κ1) is 22.2. The summed E-state index contributed by atoms with van der Waals surface area (Å²) >= 11 is 0. The molecule has 0 atom stereocenters. The number of carbonyl (C=O) groups is 2. The molecular formula is C20H26F3NO4. The summed E-state index contributed by atoms with van der Waals surface area (Å²) in [7, 11) is 0. The predicted octanol–water partition coefficient (Wildman–Crippen LogP) is 3.80. The summed E-state index contributed by atoms with van der Waals surface area (Å²) in [6, 6.07) is 7.76. The highest BCUT2D eigenvalue weighted by atomic mass is 19.4. The van der Waals surface area contributed by atoms with Crippen LogP contribution in [0.4, 0.5) is 13.2 Å². The zero-order chi connectivity index (χ0) is 20.4. The van der Waals surface area contributed by atoms with E-state index in [0.717, 1.165) is 23.7 Å². The van der Waals surface area contributed by atoms with E-state index < -0.39 is 18.1 Å². The second-order valence-electron chi connectivity index (χ2n) is 6.94. The van der Waals surface area contributed by atoms with E-state index in [0.29, 0.717) is 19.6 Å². The Kier molecular flexibility index (Phi) is 8.76. The first-order valence-corrected chi connectivity index (χ1v) is 9.59. The van der Waals surface area contributed by atoms with Crippen LogP contribution in [0, 0.1) is 5.92 Å². The van der Waals surface area contributed by atoms with Gasteiger partial charge in [-0.05, 0) is 43.0 Å². The van der Waals surface area contributed by atoms with Crippen molar-refractivity contribution in [3.63, 3.8) is 0 Å². The fourth-order valence-corrected chi connectivity index (χ4v) is 3.19. The van der Waals surface area contributed by atoms with E-state index in [-0.39, 0.29) is 13.0 Å². The third-order valence-corrected chi connectivity index (χ3v) is 4.70. The molecule has 0 amide bonds. The van der Waals surface area contributed by atoms with Gasteiger partial charge in [0, 0.05) is 6.54 Å². The average molecular weight is 401 g/mol. The van der Waals surface area contributed by atoms with Crippen molar-refractivity contribution in [2.75, 3.05) is 19.7 Å². The SMILES string of the molecule is O=C(CCNCCc1cccc(OCCC2CCCC2)c1)OC(=O)C(F)(F)F. The Labute approximate surface area is 162 Å². The predicted molar refractivity (Wildman–Crippen MR) is 96.9 cm³/mol. The van der Waals surface area contributed by atoms with Crippen LogP contribution in [0.3, 0.4) is 0 Å². The number of alkyl halides is 3. The maximum atomic E-state index is 12.0. The lowest BCUT2D eigenvalue weighted by Crippen LogP contribution is -2.29. The second-order valence-corrected chi connectivity index (χ2v) is 6.94. The van der Waals surface area contributed by atoms with Crippen LogP contribution in [-0.2, 0) is 20.7 Å². The van der Waals surface area contributed by atoms with Crippen LogP contribution in [0.5, 0.6) is 5.75 Å². The topological polar surface area (TPSA) is 64.6 Å². The van der Waals surface area contributed by atoms with Crippen molar-refractivity contribution >= 4 is 11.9 Å². The van der Waals surface area contributed by atoms with Gasteiger partial charge >= 0.3 is 18.1 Å². The molecule has 0 saturated heterocycles. The van der Waals surface area contributed by atoms with Crippen LogP contribution < -0.4 is 10.1 Å². The molecule has 0 bridgehead atoms. The van der Waals surface area contributed by atoms with Crippen LogP contribution in [0.2, 0.25) is 0 Å². The van der Waals surface area contributed by atoms with Gasteiger partial charge in [0.1, 0.15) is 5.75 Å². The summed E-state index contributed by atoms with van der Waals surface area (Å²) in [4.78, 5) is 21.7. The molecule has 0 spiro atoms. The number of carbonyl (C=O) groups excluding carboxylic acids is 2. The Hall–Kier alpha value is -2.09. The average Bonchev–Trinajstić information content (AvgIpc) is 3.14. The van der Waals surface area contributed by atoms with Crippen molar-refractivity contribution in [3.8, 4) is 5.75 Å². The number of halogens is 3. The number of esters is 2. The number of ether oxygens (including phenoxy) is 2. The monoisotopic (exact) mass is 401 g/mol. The number of rotatable bonds is 10. The Balaban J connectivity index is 1.59. The minimum Gasteiger partial charge on any atom is -0.494 e.